The third kappa shape index (κ3) is 2.26. The Balaban J connectivity index is 2.23. The second-order valence-corrected chi connectivity index (χ2v) is 5.75. The largest absolute Gasteiger partial charge is 0.289 e. The molecule has 1 aliphatic heterocycles. The molecule has 1 amide bonds. The van der Waals surface area contributed by atoms with E-state index in [-0.39, 0.29) is 5.91 Å². The summed E-state index contributed by atoms with van der Waals surface area (Å²) < 4.78 is 0.604. The van der Waals surface area contributed by atoms with E-state index in [0.29, 0.717) is 15.8 Å². The number of thioether (sulfide) groups is 1. The van der Waals surface area contributed by atoms with E-state index in [1.165, 1.54) is 11.8 Å². The highest BCUT2D eigenvalue weighted by molar-refractivity contribution is 8.26. The zero-order valence-electron chi connectivity index (χ0n) is 8.38. The summed E-state index contributed by atoms with van der Waals surface area (Å²) in [5.74, 6) is -0.0247. The van der Waals surface area contributed by atoms with Gasteiger partial charge < -0.3 is 0 Å². The van der Waals surface area contributed by atoms with E-state index in [0.717, 1.165) is 4.88 Å². The second kappa shape index (κ2) is 4.95. The lowest BCUT2D eigenvalue weighted by Crippen LogP contribution is -2.27. The van der Waals surface area contributed by atoms with Crippen LogP contribution in [0.4, 0.5) is 0 Å². The Morgan fingerprint density at radius 2 is 2.38 bits per heavy atom. The van der Waals surface area contributed by atoms with Crippen molar-refractivity contribution in [3.05, 3.63) is 40.0 Å². The maximum absolute atomic E-state index is 11.9. The van der Waals surface area contributed by atoms with Crippen LogP contribution in [0, 0.1) is 0 Å². The molecular weight excluding hydrogens is 258 g/mol. The Morgan fingerprint density at radius 1 is 1.56 bits per heavy atom. The van der Waals surface area contributed by atoms with E-state index in [1.54, 1.807) is 22.3 Å². The van der Waals surface area contributed by atoms with Crippen LogP contribution >= 0.6 is 35.3 Å². The van der Waals surface area contributed by atoms with Gasteiger partial charge in [-0.15, -0.1) is 17.9 Å². The van der Waals surface area contributed by atoms with Gasteiger partial charge in [0.15, 0.2) is 0 Å². The maximum atomic E-state index is 11.9. The van der Waals surface area contributed by atoms with Gasteiger partial charge in [-0.05, 0) is 17.5 Å². The fraction of sp³-hybridized carbons (Fsp3) is 0.0909. The number of amides is 1. The number of hydrogen-bond donors (Lipinski definition) is 0. The van der Waals surface area contributed by atoms with Gasteiger partial charge in [0.25, 0.3) is 5.91 Å². The molecule has 0 saturated carbocycles. The number of thiophene rings is 1. The molecule has 1 fully saturated rings. The molecule has 82 valence electrons. The van der Waals surface area contributed by atoms with Crippen LogP contribution < -0.4 is 0 Å². The Morgan fingerprint density at radius 3 is 3.00 bits per heavy atom. The molecule has 0 aromatic carbocycles. The van der Waals surface area contributed by atoms with Gasteiger partial charge in [-0.3, -0.25) is 9.69 Å². The fourth-order valence-electron chi connectivity index (χ4n) is 1.29. The minimum absolute atomic E-state index is 0.0247. The van der Waals surface area contributed by atoms with Crippen LogP contribution in [0.3, 0.4) is 0 Å². The molecule has 0 spiro atoms. The van der Waals surface area contributed by atoms with Gasteiger partial charge in [-0.2, -0.15) is 0 Å². The number of hydrogen-bond acceptors (Lipinski definition) is 4. The van der Waals surface area contributed by atoms with Gasteiger partial charge in [0.1, 0.15) is 4.32 Å². The summed E-state index contributed by atoms with van der Waals surface area (Å²) in [6.07, 6.45) is 3.56. The summed E-state index contributed by atoms with van der Waals surface area (Å²) in [4.78, 5) is 15.3. The molecule has 1 saturated heterocycles. The first kappa shape index (κ1) is 11.6. The van der Waals surface area contributed by atoms with E-state index < -0.39 is 0 Å². The molecule has 16 heavy (non-hydrogen) atoms. The summed E-state index contributed by atoms with van der Waals surface area (Å²) in [5.41, 5.74) is 0. The summed E-state index contributed by atoms with van der Waals surface area (Å²) in [6, 6.07) is 3.94. The molecule has 0 unspecified atom stereocenters. The lowest BCUT2D eigenvalue weighted by molar-refractivity contribution is -0.121. The standard InChI is InChI=1S/C11H9NOS3/c1-2-5-12-10(13)9(16-11(12)14)7-8-4-3-6-15-8/h2-4,6-7H,1,5H2. The molecule has 0 N–H and O–H groups in total. The van der Waals surface area contributed by atoms with Crippen LogP contribution in [-0.2, 0) is 4.79 Å². The van der Waals surface area contributed by atoms with E-state index in [2.05, 4.69) is 6.58 Å². The average molecular weight is 267 g/mol. The van der Waals surface area contributed by atoms with Crippen LogP contribution in [0.15, 0.2) is 35.1 Å². The molecular formula is C11H9NOS3. The van der Waals surface area contributed by atoms with Crippen LogP contribution in [0.25, 0.3) is 6.08 Å². The first-order valence-electron chi connectivity index (χ1n) is 4.62. The maximum Gasteiger partial charge on any atom is 0.266 e. The SMILES string of the molecule is C=CCN1C(=O)C(=Cc2cccs2)SC1=S. The molecule has 1 aliphatic rings. The minimum Gasteiger partial charge on any atom is -0.289 e. The normalized spacial score (nSPS) is 18.5. The van der Waals surface area contributed by atoms with Crippen molar-refractivity contribution in [2.45, 2.75) is 0 Å². The molecule has 0 aliphatic carbocycles. The van der Waals surface area contributed by atoms with Crippen molar-refractivity contribution in [3.8, 4) is 0 Å². The molecule has 2 rings (SSSR count). The molecule has 0 atom stereocenters. The van der Waals surface area contributed by atoms with Crippen molar-refractivity contribution < 1.29 is 4.79 Å². The Hall–Kier alpha value is -0.910. The highest BCUT2D eigenvalue weighted by Gasteiger charge is 2.30. The fourth-order valence-corrected chi connectivity index (χ4v) is 3.29. The quantitative estimate of drug-likeness (QED) is 0.477. The minimum atomic E-state index is -0.0247. The third-order valence-electron chi connectivity index (χ3n) is 2.00. The molecule has 2 nitrogen and oxygen atoms in total. The average Bonchev–Trinajstić information content (AvgIpc) is 2.84. The smallest absolute Gasteiger partial charge is 0.266 e. The van der Waals surface area contributed by atoms with Gasteiger partial charge in [0.2, 0.25) is 0 Å². The monoisotopic (exact) mass is 267 g/mol. The lowest BCUT2D eigenvalue weighted by Gasteiger charge is -2.10. The zero-order chi connectivity index (χ0) is 11.5. The van der Waals surface area contributed by atoms with Crippen molar-refractivity contribution in [3.63, 3.8) is 0 Å². The van der Waals surface area contributed by atoms with Crippen LogP contribution in [0.1, 0.15) is 4.88 Å². The van der Waals surface area contributed by atoms with Crippen molar-refractivity contribution >= 4 is 51.6 Å². The highest BCUT2D eigenvalue weighted by atomic mass is 32.2. The van der Waals surface area contributed by atoms with E-state index in [1.807, 2.05) is 23.6 Å². The highest BCUT2D eigenvalue weighted by Crippen LogP contribution is 2.32. The van der Waals surface area contributed by atoms with Gasteiger partial charge >= 0.3 is 0 Å². The summed E-state index contributed by atoms with van der Waals surface area (Å²) in [6.45, 7) is 4.09. The van der Waals surface area contributed by atoms with Crippen molar-refractivity contribution in [1.82, 2.24) is 4.90 Å². The van der Waals surface area contributed by atoms with Crippen LogP contribution in [-0.4, -0.2) is 21.7 Å². The summed E-state index contributed by atoms with van der Waals surface area (Å²) in [5, 5.41) is 1.98. The molecule has 0 radical (unpaired) electrons. The van der Waals surface area contributed by atoms with Gasteiger partial charge in [0, 0.05) is 11.4 Å². The summed E-state index contributed by atoms with van der Waals surface area (Å²) >= 11 is 8.09. The first-order chi connectivity index (χ1) is 7.72. The topological polar surface area (TPSA) is 20.3 Å². The van der Waals surface area contributed by atoms with E-state index >= 15 is 0 Å². The number of carbonyl (C=O) groups excluding carboxylic acids is 1. The summed E-state index contributed by atoms with van der Waals surface area (Å²) in [7, 11) is 0. The van der Waals surface area contributed by atoms with Crippen molar-refractivity contribution in [1.29, 1.82) is 0 Å². The lowest BCUT2D eigenvalue weighted by atomic mass is 10.3. The van der Waals surface area contributed by atoms with Crippen LogP contribution in [0.2, 0.25) is 0 Å². The van der Waals surface area contributed by atoms with Crippen LogP contribution in [0.5, 0.6) is 0 Å². The number of carbonyl (C=O) groups is 1. The molecule has 1 aromatic rings. The molecule has 1 aromatic heterocycles. The van der Waals surface area contributed by atoms with Gasteiger partial charge in [-0.25, -0.2) is 0 Å². The third-order valence-corrected chi connectivity index (χ3v) is 4.20. The molecule has 2 heterocycles. The van der Waals surface area contributed by atoms with Crippen molar-refractivity contribution in [2.24, 2.45) is 0 Å². The number of thiocarbonyl (C=S) groups is 1. The Labute approximate surface area is 108 Å². The molecule has 0 bridgehead atoms. The van der Waals surface area contributed by atoms with Gasteiger partial charge in [0.05, 0.1) is 4.91 Å². The predicted molar refractivity (Wildman–Crippen MR) is 74.4 cm³/mol. The number of rotatable bonds is 3. The molecule has 5 heteroatoms. The van der Waals surface area contributed by atoms with Crippen molar-refractivity contribution in [2.75, 3.05) is 6.54 Å². The van der Waals surface area contributed by atoms with E-state index in [9.17, 15) is 4.79 Å². The predicted octanol–water partition coefficient (Wildman–Crippen LogP) is 3.14. The first-order valence-corrected chi connectivity index (χ1v) is 6.72. The van der Waals surface area contributed by atoms with E-state index in [4.69, 9.17) is 12.2 Å². The zero-order valence-corrected chi connectivity index (χ0v) is 10.8. The Kier molecular flexibility index (Phi) is 3.58. The van der Waals surface area contributed by atoms with Gasteiger partial charge in [-0.1, -0.05) is 36.1 Å². The Bertz CT molecular complexity index is 462. The number of nitrogens with zero attached hydrogens (tertiary/aromatic N) is 1. The second-order valence-electron chi connectivity index (χ2n) is 3.10.